The molecule has 0 saturated carbocycles. The zero-order valence-corrected chi connectivity index (χ0v) is 12.9. The topological polar surface area (TPSA) is 56.7 Å². The number of halogens is 1. The van der Waals surface area contributed by atoms with E-state index in [0.717, 1.165) is 27.6 Å². The van der Waals surface area contributed by atoms with Crippen LogP contribution in [0, 0.1) is 0 Å². The second-order valence-corrected chi connectivity index (χ2v) is 6.30. The summed E-state index contributed by atoms with van der Waals surface area (Å²) < 4.78 is 2.21. The van der Waals surface area contributed by atoms with Crippen LogP contribution in [0.25, 0.3) is 11.0 Å². The minimum absolute atomic E-state index is 0.310. The van der Waals surface area contributed by atoms with Gasteiger partial charge >= 0.3 is 0 Å². The Morgan fingerprint density at radius 1 is 1.35 bits per heavy atom. The number of nitrogens with zero attached hydrogens (tertiary/aromatic N) is 3. The van der Waals surface area contributed by atoms with Gasteiger partial charge in [-0.2, -0.15) is 0 Å². The molecule has 3 aromatic rings. The number of hydrogen-bond acceptors (Lipinski definition) is 4. The Bertz CT molecular complexity index is 760. The molecule has 104 valence electrons. The van der Waals surface area contributed by atoms with Gasteiger partial charge in [-0.1, -0.05) is 11.6 Å². The van der Waals surface area contributed by atoms with Gasteiger partial charge in [0.25, 0.3) is 0 Å². The zero-order valence-electron chi connectivity index (χ0n) is 11.3. The quantitative estimate of drug-likeness (QED) is 0.798. The summed E-state index contributed by atoms with van der Waals surface area (Å²) in [6.45, 7) is 4.28. The summed E-state index contributed by atoms with van der Waals surface area (Å²) in [6, 6.07) is 6.09. The Morgan fingerprint density at radius 3 is 2.80 bits per heavy atom. The molecule has 6 heteroatoms. The maximum atomic E-state index is 6.10. The Balaban J connectivity index is 2.11. The molecule has 0 radical (unpaired) electrons. The molecule has 0 bridgehead atoms. The number of aromatic nitrogens is 3. The van der Waals surface area contributed by atoms with Gasteiger partial charge in [-0.15, -0.1) is 11.3 Å². The molecule has 0 aliphatic heterocycles. The monoisotopic (exact) mass is 306 g/mol. The molecule has 0 amide bonds. The summed E-state index contributed by atoms with van der Waals surface area (Å²) in [7, 11) is 0. The van der Waals surface area contributed by atoms with Crippen LogP contribution in [0.5, 0.6) is 0 Å². The van der Waals surface area contributed by atoms with Gasteiger partial charge < -0.3 is 10.3 Å². The van der Waals surface area contributed by atoms with Crippen molar-refractivity contribution in [2.75, 3.05) is 5.73 Å². The lowest BCUT2D eigenvalue weighted by Gasteiger charge is -2.12. The molecule has 0 aliphatic carbocycles. The molecule has 0 spiro atoms. The molecule has 2 N–H and O–H groups in total. The van der Waals surface area contributed by atoms with Crippen molar-refractivity contribution in [3.8, 4) is 0 Å². The van der Waals surface area contributed by atoms with Crippen molar-refractivity contribution in [1.29, 1.82) is 0 Å². The third-order valence-electron chi connectivity index (χ3n) is 3.15. The molecular weight excluding hydrogens is 292 g/mol. The summed E-state index contributed by atoms with van der Waals surface area (Å²) >= 11 is 7.56. The summed E-state index contributed by atoms with van der Waals surface area (Å²) in [5.41, 5.74) is 8.66. The van der Waals surface area contributed by atoms with Crippen LogP contribution < -0.4 is 5.73 Å². The van der Waals surface area contributed by atoms with Crippen LogP contribution in [-0.4, -0.2) is 14.5 Å². The largest absolute Gasteiger partial charge is 0.375 e. The predicted molar refractivity (Wildman–Crippen MR) is 84.5 cm³/mol. The first kappa shape index (κ1) is 13.4. The molecule has 0 saturated heterocycles. The molecule has 0 fully saturated rings. The Morgan fingerprint density at radius 2 is 2.15 bits per heavy atom. The van der Waals surface area contributed by atoms with Crippen molar-refractivity contribution in [2.24, 2.45) is 0 Å². The van der Waals surface area contributed by atoms with E-state index >= 15 is 0 Å². The summed E-state index contributed by atoms with van der Waals surface area (Å²) in [6.07, 6.45) is 0.679. The number of hydrogen-bond donors (Lipinski definition) is 1. The first-order valence-corrected chi connectivity index (χ1v) is 7.66. The van der Waals surface area contributed by atoms with Gasteiger partial charge in [-0.05, 0) is 32.0 Å². The molecule has 2 aromatic heterocycles. The molecule has 20 heavy (non-hydrogen) atoms. The molecule has 0 unspecified atom stereocenters. The summed E-state index contributed by atoms with van der Waals surface area (Å²) in [4.78, 5) is 9.02. The van der Waals surface area contributed by atoms with Crippen molar-refractivity contribution in [3.05, 3.63) is 40.1 Å². The molecular formula is C14H15ClN4S. The smallest absolute Gasteiger partial charge is 0.180 e. The highest BCUT2D eigenvalue weighted by atomic mass is 35.5. The van der Waals surface area contributed by atoms with Crippen molar-refractivity contribution in [2.45, 2.75) is 26.3 Å². The van der Waals surface area contributed by atoms with Crippen LogP contribution in [0.1, 0.15) is 31.4 Å². The standard InChI is InChI=1S/C14H15ClN4S/c1-8(2)19-12-5-9(15)3-4-11(12)18-13(19)6-10-7-20-14(16)17-10/h3-5,7-8H,6H2,1-2H3,(H2,16,17). The minimum atomic E-state index is 0.310. The van der Waals surface area contributed by atoms with Gasteiger partial charge in [0.05, 0.1) is 16.7 Å². The third kappa shape index (κ3) is 2.39. The van der Waals surface area contributed by atoms with Crippen molar-refractivity contribution < 1.29 is 0 Å². The number of rotatable bonds is 3. The number of fused-ring (bicyclic) bond motifs is 1. The fraction of sp³-hybridized carbons (Fsp3) is 0.286. The average molecular weight is 307 g/mol. The second-order valence-electron chi connectivity index (χ2n) is 4.98. The molecule has 3 rings (SSSR count). The van der Waals surface area contributed by atoms with Gasteiger partial charge in [-0.25, -0.2) is 9.97 Å². The number of imidazole rings is 1. The van der Waals surface area contributed by atoms with E-state index in [2.05, 4.69) is 23.4 Å². The normalized spacial score (nSPS) is 11.6. The lowest BCUT2D eigenvalue weighted by Crippen LogP contribution is -2.07. The molecule has 1 aromatic carbocycles. The molecule has 0 atom stereocenters. The highest BCUT2D eigenvalue weighted by Crippen LogP contribution is 2.26. The van der Waals surface area contributed by atoms with Crippen LogP contribution >= 0.6 is 22.9 Å². The van der Waals surface area contributed by atoms with Gasteiger partial charge in [0.1, 0.15) is 5.82 Å². The van der Waals surface area contributed by atoms with Crippen LogP contribution in [0.15, 0.2) is 23.6 Å². The van der Waals surface area contributed by atoms with Gasteiger partial charge in [0.2, 0.25) is 0 Å². The second kappa shape index (κ2) is 5.07. The Hall–Kier alpha value is -1.59. The zero-order chi connectivity index (χ0) is 14.3. The van der Waals surface area contributed by atoms with Crippen molar-refractivity contribution in [1.82, 2.24) is 14.5 Å². The van der Waals surface area contributed by atoms with E-state index < -0.39 is 0 Å². The van der Waals surface area contributed by atoms with E-state index in [1.807, 2.05) is 23.6 Å². The number of thiazole rings is 1. The Kier molecular flexibility index (Phi) is 3.40. The highest BCUT2D eigenvalue weighted by molar-refractivity contribution is 7.13. The molecule has 2 heterocycles. The number of nitrogens with two attached hydrogens (primary N) is 1. The fourth-order valence-corrected chi connectivity index (χ4v) is 3.11. The van der Waals surface area contributed by atoms with Crippen LogP contribution in [0.4, 0.5) is 5.13 Å². The number of anilines is 1. The number of benzene rings is 1. The first-order chi connectivity index (χ1) is 9.54. The van der Waals surface area contributed by atoms with E-state index in [9.17, 15) is 0 Å². The fourth-order valence-electron chi connectivity index (χ4n) is 2.38. The van der Waals surface area contributed by atoms with Crippen LogP contribution in [0.2, 0.25) is 5.02 Å². The summed E-state index contributed by atoms with van der Waals surface area (Å²) in [5, 5.41) is 3.30. The van der Waals surface area contributed by atoms with Crippen molar-refractivity contribution >= 4 is 39.1 Å². The van der Waals surface area contributed by atoms with Gasteiger partial charge in [0, 0.05) is 22.9 Å². The third-order valence-corrected chi connectivity index (χ3v) is 4.11. The first-order valence-electron chi connectivity index (χ1n) is 6.41. The van der Waals surface area contributed by atoms with E-state index in [1.165, 1.54) is 11.3 Å². The summed E-state index contributed by atoms with van der Waals surface area (Å²) in [5.74, 6) is 0.988. The predicted octanol–water partition coefficient (Wildman–Crippen LogP) is 3.90. The molecule has 0 aliphatic rings. The molecule has 4 nitrogen and oxygen atoms in total. The lowest BCUT2D eigenvalue weighted by molar-refractivity contribution is 0.590. The van der Waals surface area contributed by atoms with E-state index in [1.54, 1.807) is 0 Å². The van der Waals surface area contributed by atoms with E-state index in [-0.39, 0.29) is 0 Å². The number of nitrogen functional groups attached to an aromatic ring is 1. The SMILES string of the molecule is CC(C)n1c(Cc2csc(N)n2)nc2ccc(Cl)cc21. The van der Waals surface area contributed by atoms with Crippen LogP contribution in [0.3, 0.4) is 0 Å². The highest BCUT2D eigenvalue weighted by Gasteiger charge is 2.15. The minimum Gasteiger partial charge on any atom is -0.375 e. The van der Waals surface area contributed by atoms with Gasteiger partial charge in [-0.3, -0.25) is 0 Å². The van der Waals surface area contributed by atoms with E-state index in [0.29, 0.717) is 17.6 Å². The van der Waals surface area contributed by atoms with Crippen molar-refractivity contribution in [3.63, 3.8) is 0 Å². The lowest BCUT2D eigenvalue weighted by atomic mass is 10.2. The average Bonchev–Trinajstić information content (AvgIpc) is 2.92. The Labute approximate surface area is 126 Å². The van der Waals surface area contributed by atoms with Crippen LogP contribution in [-0.2, 0) is 6.42 Å². The maximum absolute atomic E-state index is 6.10. The van der Waals surface area contributed by atoms with E-state index in [4.69, 9.17) is 22.3 Å². The maximum Gasteiger partial charge on any atom is 0.180 e. The van der Waals surface area contributed by atoms with Gasteiger partial charge in [0.15, 0.2) is 5.13 Å².